The minimum Gasteiger partial charge on any atom is -0.333 e. The molecule has 5 heteroatoms. The number of nitrogens with zero attached hydrogens (tertiary/aromatic N) is 3. The van der Waals surface area contributed by atoms with Crippen molar-refractivity contribution in [3.8, 4) is 0 Å². The average Bonchev–Trinajstić information content (AvgIpc) is 2.94. The first-order chi connectivity index (χ1) is 8.25. The van der Waals surface area contributed by atoms with Gasteiger partial charge in [-0.1, -0.05) is 12.8 Å². The zero-order valence-electron chi connectivity index (χ0n) is 10.1. The number of fused-ring (bicyclic) bond motifs is 1. The van der Waals surface area contributed by atoms with E-state index in [0.29, 0.717) is 23.6 Å². The summed E-state index contributed by atoms with van der Waals surface area (Å²) in [7, 11) is 0. The molecule has 0 bridgehead atoms. The number of hydrogen-bond donors (Lipinski definition) is 1. The summed E-state index contributed by atoms with van der Waals surface area (Å²) < 4.78 is 0. The molecule has 5 nitrogen and oxygen atoms in total. The van der Waals surface area contributed by atoms with Gasteiger partial charge in [-0.2, -0.15) is 0 Å². The molecule has 1 aromatic rings. The van der Waals surface area contributed by atoms with E-state index in [2.05, 4.69) is 15.2 Å². The maximum absolute atomic E-state index is 12.3. The van der Waals surface area contributed by atoms with Gasteiger partial charge in [0.1, 0.15) is 5.82 Å². The van der Waals surface area contributed by atoms with Gasteiger partial charge in [-0.3, -0.25) is 9.89 Å². The van der Waals surface area contributed by atoms with Gasteiger partial charge in [0.25, 0.3) is 5.91 Å². The predicted octanol–water partition coefficient (Wildman–Crippen LogP) is 1.52. The molecule has 1 saturated carbocycles. The summed E-state index contributed by atoms with van der Waals surface area (Å²) in [5.41, 5.74) is 0. The van der Waals surface area contributed by atoms with Crippen LogP contribution in [0, 0.1) is 12.8 Å². The van der Waals surface area contributed by atoms with Crippen molar-refractivity contribution in [1.82, 2.24) is 20.1 Å². The fourth-order valence-corrected chi connectivity index (χ4v) is 3.22. The largest absolute Gasteiger partial charge is 0.333 e. The van der Waals surface area contributed by atoms with Gasteiger partial charge in [0.15, 0.2) is 0 Å². The maximum Gasteiger partial charge on any atom is 0.293 e. The molecule has 2 fully saturated rings. The molecule has 0 spiro atoms. The SMILES string of the molecule is Cc1nc(C(=O)N2CCC3CCCCC32)n[nH]1. The molecule has 1 aliphatic heterocycles. The van der Waals surface area contributed by atoms with Crippen LogP contribution in [-0.2, 0) is 0 Å². The van der Waals surface area contributed by atoms with Crippen LogP contribution in [0.2, 0.25) is 0 Å². The Hall–Kier alpha value is -1.39. The number of aromatic nitrogens is 3. The third kappa shape index (κ3) is 1.83. The highest BCUT2D eigenvalue weighted by atomic mass is 16.2. The van der Waals surface area contributed by atoms with E-state index >= 15 is 0 Å². The lowest BCUT2D eigenvalue weighted by Gasteiger charge is -2.30. The van der Waals surface area contributed by atoms with Gasteiger partial charge in [0.2, 0.25) is 5.82 Å². The predicted molar refractivity (Wildman–Crippen MR) is 62.5 cm³/mol. The van der Waals surface area contributed by atoms with Gasteiger partial charge >= 0.3 is 0 Å². The van der Waals surface area contributed by atoms with Crippen molar-refractivity contribution in [2.45, 2.75) is 45.1 Å². The second-order valence-electron chi connectivity index (χ2n) is 5.14. The normalized spacial score (nSPS) is 28.2. The summed E-state index contributed by atoms with van der Waals surface area (Å²) in [6, 6.07) is 0.440. The number of aromatic amines is 1. The first-order valence-corrected chi connectivity index (χ1v) is 6.45. The number of carbonyl (C=O) groups excluding carboxylic acids is 1. The van der Waals surface area contributed by atoms with Crippen LogP contribution in [0.3, 0.4) is 0 Å². The van der Waals surface area contributed by atoms with Crippen molar-refractivity contribution in [3.05, 3.63) is 11.6 Å². The molecule has 1 amide bonds. The molecule has 2 aliphatic rings. The summed E-state index contributed by atoms with van der Waals surface area (Å²) in [5.74, 6) is 1.75. The standard InChI is InChI=1S/C12H18N4O/c1-8-13-11(15-14-8)12(17)16-7-6-9-4-2-3-5-10(9)16/h9-10H,2-7H2,1H3,(H,13,14,15). The Labute approximate surface area is 101 Å². The number of nitrogens with one attached hydrogen (secondary N) is 1. The van der Waals surface area contributed by atoms with E-state index in [9.17, 15) is 4.79 Å². The van der Waals surface area contributed by atoms with Crippen molar-refractivity contribution in [2.24, 2.45) is 5.92 Å². The van der Waals surface area contributed by atoms with Crippen molar-refractivity contribution < 1.29 is 4.79 Å². The topological polar surface area (TPSA) is 61.9 Å². The summed E-state index contributed by atoms with van der Waals surface area (Å²) in [6.45, 7) is 2.69. The van der Waals surface area contributed by atoms with Crippen molar-refractivity contribution >= 4 is 5.91 Å². The van der Waals surface area contributed by atoms with Crippen molar-refractivity contribution in [3.63, 3.8) is 0 Å². The van der Waals surface area contributed by atoms with Crippen LogP contribution in [-0.4, -0.2) is 38.6 Å². The third-order valence-electron chi connectivity index (χ3n) is 4.06. The molecule has 0 radical (unpaired) electrons. The molecule has 17 heavy (non-hydrogen) atoms. The molecule has 2 atom stereocenters. The summed E-state index contributed by atoms with van der Waals surface area (Å²) in [6.07, 6.45) is 6.15. The highest BCUT2D eigenvalue weighted by Gasteiger charge is 2.39. The van der Waals surface area contributed by atoms with Crippen LogP contribution in [0.4, 0.5) is 0 Å². The monoisotopic (exact) mass is 234 g/mol. The Morgan fingerprint density at radius 1 is 1.35 bits per heavy atom. The molecule has 1 aromatic heterocycles. The molecular formula is C12H18N4O. The smallest absolute Gasteiger partial charge is 0.293 e. The summed E-state index contributed by atoms with van der Waals surface area (Å²) >= 11 is 0. The zero-order chi connectivity index (χ0) is 11.8. The second-order valence-corrected chi connectivity index (χ2v) is 5.14. The lowest BCUT2D eigenvalue weighted by molar-refractivity contribution is 0.0678. The van der Waals surface area contributed by atoms with Crippen molar-refractivity contribution in [1.29, 1.82) is 0 Å². The quantitative estimate of drug-likeness (QED) is 0.801. The molecule has 3 rings (SSSR count). The first kappa shape index (κ1) is 10.7. The molecule has 1 aliphatic carbocycles. The molecule has 92 valence electrons. The number of carbonyl (C=O) groups is 1. The number of amides is 1. The Morgan fingerprint density at radius 3 is 2.94 bits per heavy atom. The minimum absolute atomic E-state index is 0.00347. The average molecular weight is 234 g/mol. The van der Waals surface area contributed by atoms with Crippen LogP contribution in [0.1, 0.15) is 48.5 Å². The fraction of sp³-hybridized carbons (Fsp3) is 0.750. The molecule has 2 heterocycles. The molecule has 2 unspecified atom stereocenters. The first-order valence-electron chi connectivity index (χ1n) is 6.45. The van der Waals surface area contributed by atoms with Gasteiger partial charge in [-0.05, 0) is 32.1 Å². The van der Waals surface area contributed by atoms with Gasteiger partial charge in [-0.25, -0.2) is 4.98 Å². The molecule has 1 saturated heterocycles. The zero-order valence-corrected chi connectivity index (χ0v) is 10.1. The fourth-order valence-electron chi connectivity index (χ4n) is 3.22. The lowest BCUT2D eigenvalue weighted by atomic mass is 9.85. The van der Waals surface area contributed by atoms with Crippen LogP contribution >= 0.6 is 0 Å². The van der Waals surface area contributed by atoms with Gasteiger partial charge < -0.3 is 4.90 Å². The number of H-pyrrole nitrogens is 1. The van der Waals surface area contributed by atoms with Crippen LogP contribution in [0.15, 0.2) is 0 Å². The summed E-state index contributed by atoms with van der Waals surface area (Å²) in [5, 5.41) is 6.71. The lowest BCUT2D eigenvalue weighted by Crippen LogP contribution is -2.39. The Kier molecular flexibility index (Phi) is 2.61. The highest BCUT2D eigenvalue weighted by molar-refractivity contribution is 5.90. The van der Waals surface area contributed by atoms with Crippen molar-refractivity contribution in [2.75, 3.05) is 6.54 Å². The Morgan fingerprint density at radius 2 is 2.18 bits per heavy atom. The Balaban J connectivity index is 1.78. The van der Waals surface area contributed by atoms with E-state index in [1.807, 2.05) is 11.8 Å². The van der Waals surface area contributed by atoms with Crippen LogP contribution < -0.4 is 0 Å². The van der Waals surface area contributed by atoms with E-state index < -0.39 is 0 Å². The molecule has 0 aromatic carbocycles. The van der Waals surface area contributed by atoms with E-state index in [1.54, 1.807) is 0 Å². The highest BCUT2D eigenvalue weighted by Crippen LogP contribution is 2.36. The Bertz CT molecular complexity index is 428. The minimum atomic E-state index is 0.00347. The number of rotatable bonds is 1. The number of likely N-dealkylation sites (tertiary alicyclic amines) is 1. The molecular weight excluding hydrogens is 216 g/mol. The van der Waals surface area contributed by atoms with Gasteiger partial charge in [0.05, 0.1) is 0 Å². The van der Waals surface area contributed by atoms with Gasteiger partial charge in [0, 0.05) is 12.6 Å². The van der Waals surface area contributed by atoms with E-state index in [0.717, 1.165) is 19.4 Å². The summed E-state index contributed by atoms with van der Waals surface area (Å²) in [4.78, 5) is 18.4. The molecule has 1 N–H and O–H groups in total. The van der Waals surface area contributed by atoms with Crippen LogP contribution in [0.5, 0.6) is 0 Å². The van der Waals surface area contributed by atoms with Gasteiger partial charge in [-0.15, -0.1) is 5.10 Å². The van der Waals surface area contributed by atoms with E-state index in [1.165, 1.54) is 19.3 Å². The van der Waals surface area contributed by atoms with E-state index in [-0.39, 0.29) is 5.91 Å². The number of hydrogen-bond acceptors (Lipinski definition) is 3. The second kappa shape index (κ2) is 4.13. The number of aryl methyl sites for hydroxylation is 1. The maximum atomic E-state index is 12.3. The van der Waals surface area contributed by atoms with Crippen LogP contribution in [0.25, 0.3) is 0 Å². The third-order valence-corrected chi connectivity index (χ3v) is 4.06. The van der Waals surface area contributed by atoms with E-state index in [4.69, 9.17) is 0 Å².